The molecule has 184 valence electrons. The van der Waals surface area contributed by atoms with Gasteiger partial charge in [-0.2, -0.15) is 0 Å². The lowest BCUT2D eigenvalue weighted by atomic mass is 9.89. The van der Waals surface area contributed by atoms with Crippen molar-refractivity contribution >= 4 is 22.6 Å². The van der Waals surface area contributed by atoms with Gasteiger partial charge in [-0.05, 0) is 103 Å². The molecule has 4 aromatic rings. The molecule has 0 fully saturated rings. The first-order valence-electron chi connectivity index (χ1n) is 14.2. The number of benzene rings is 3. The maximum absolute atomic E-state index is 2.58. The summed E-state index contributed by atoms with van der Waals surface area (Å²) < 4.78 is 2.58. The highest BCUT2D eigenvalue weighted by atomic mass is 15.0. The first kappa shape index (κ1) is 22.6. The molecule has 0 amide bonds. The normalized spacial score (nSPS) is 17.9. The number of hydrogen-bond donors (Lipinski definition) is 0. The second-order valence-corrected chi connectivity index (χ2v) is 10.9. The summed E-state index contributed by atoms with van der Waals surface area (Å²) in [6, 6.07) is 21.0. The molecule has 0 saturated carbocycles. The summed E-state index contributed by atoms with van der Waals surface area (Å²) in [5.74, 6) is 0.585. The summed E-state index contributed by atoms with van der Waals surface area (Å²) in [5, 5.41) is 1.41. The van der Waals surface area contributed by atoms with Crippen LogP contribution in [0.25, 0.3) is 39.4 Å². The Labute approximate surface area is 220 Å². The molecule has 1 atom stereocenters. The number of nitrogens with zero attached hydrogens (tertiary/aromatic N) is 1. The van der Waals surface area contributed by atoms with E-state index >= 15 is 0 Å². The van der Waals surface area contributed by atoms with Crippen LogP contribution < -0.4 is 0 Å². The molecule has 0 N–H and O–H groups in total. The Morgan fingerprint density at radius 1 is 0.865 bits per heavy atom. The highest BCUT2D eigenvalue weighted by molar-refractivity contribution is 6.05. The maximum Gasteiger partial charge on any atom is 0.0544 e. The van der Waals surface area contributed by atoms with Crippen LogP contribution in [0.15, 0.2) is 78.4 Å². The summed E-state index contributed by atoms with van der Waals surface area (Å²) >= 11 is 0. The largest absolute Gasteiger partial charge is 0.313 e. The molecule has 1 nitrogen and oxygen atoms in total. The van der Waals surface area contributed by atoms with E-state index in [0.717, 1.165) is 19.3 Å². The van der Waals surface area contributed by atoms with Crippen molar-refractivity contribution in [1.82, 2.24) is 4.57 Å². The third-order valence-electron chi connectivity index (χ3n) is 8.98. The van der Waals surface area contributed by atoms with Gasteiger partial charge >= 0.3 is 0 Å². The third-order valence-corrected chi connectivity index (χ3v) is 8.98. The van der Waals surface area contributed by atoms with E-state index < -0.39 is 0 Å². The van der Waals surface area contributed by atoms with E-state index in [0.29, 0.717) is 5.92 Å². The van der Waals surface area contributed by atoms with E-state index in [1.165, 1.54) is 86.1 Å². The monoisotopic (exact) mass is 481 g/mol. The number of aromatic nitrogens is 1. The molecule has 7 rings (SSSR count). The first-order chi connectivity index (χ1) is 18.2. The van der Waals surface area contributed by atoms with Crippen LogP contribution in [0.5, 0.6) is 0 Å². The average molecular weight is 482 g/mol. The van der Waals surface area contributed by atoms with Crippen LogP contribution in [0.2, 0.25) is 0 Å². The van der Waals surface area contributed by atoms with Crippen LogP contribution in [0, 0.1) is 6.92 Å². The minimum Gasteiger partial charge on any atom is -0.313 e. The summed E-state index contributed by atoms with van der Waals surface area (Å²) in [6.45, 7) is 6.89. The second kappa shape index (κ2) is 8.77. The fourth-order valence-corrected chi connectivity index (χ4v) is 7.31. The standard InChI is InChI=1S/C36H35N/c1-4-24-12-6-7-13-27(24)35-23(3)18-21-34-36(35)31-16-10-11-17-33(31)37(34)25-19-20-30-26(5-2)28-14-8-9-15-29(28)32(30)22-25/h6-7,9-10,12-13,15-16,18-22,26H,4-5,8,11,14,17H2,1-3H3. The molecule has 3 aromatic carbocycles. The van der Waals surface area contributed by atoms with Gasteiger partial charge in [-0.15, -0.1) is 0 Å². The number of allylic oxidation sites excluding steroid dienone is 5. The number of rotatable bonds is 4. The second-order valence-electron chi connectivity index (χ2n) is 10.9. The van der Waals surface area contributed by atoms with Crippen LogP contribution >= 0.6 is 0 Å². The van der Waals surface area contributed by atoms with Crippen molar-refractivity contribution in [3.8, 4) is 16.8 Å². The molecule has 3 aliphatic rings. The molecular weight excluding hydrogens is 446 g/mol. The van der Waals surface area contributed by atoms with E-state index in [1.54, 1.807) is 5.57 Å². The molecule has 0 spiro atoms. The van der Waals surface area contributed by atoms with Gasteiger partial charge in [0.05, 0.1) is 5.52 Å². The SMILES string of the molecule is CCc1ccccc1-c1c(C)ccc2c1c1c(n2-c2ccc3c(c2)C2=C(CCC=C2)C3CC)CCC=C1. The van der Waals surface area contributed by atoms with Crippen molar-refractivity contribution in [2.75, 3.05) is 0 Å². The summed E-state index contributed by atoms with van der Waals surface area (Å²) in [7, 11) is 0. The highest BCUT2D eigenvalue weighted by Crippen LogP contribution is 2.49. The Kier molecular flexibility index (Phi) is 5.36. The number of aryl methyl sites for hydroxylation is 2. The summed E-state index contributed by atoms with van der Waals surface area (Å²) in [6.07, 6.45) is 16.3. The minimum absolute atomic E-state index is 0.585. The molecule has 1 aromatic heterocycles. The van der Waals surface area contributed by atoms with Gasteiger partial charge in [-0.3, -0.25) is 0 Å². The zero-order chi connectivity index (χ0) is 25.1. The lowest BCUT2D eigenvalue weighted by Crippen LogP contribution is -2.04. The Balaban J connectivity index is 1.51. The van der Waals surface area contributed by atoms with Gasteiger partial charge in [0.2, 0.25) is 0 Å². The van der Waals surface area contributed by atoms with Gasteiger partial charge in [-0.25, -0.2) is 0 Å². The minimum atomic E-state index is 0.585. The average Bonchev–Trinajstić information content (AvgIpc) is 3.45. The smallest absolute Gasteiger partial charge is 0.0544 e. The van der Waals surface area contributed by atoms with Crippen LogP contribution in [0.1, 0.15) is 79.0 Å². The highest BCUT2D eigenvalue weighted by Gasteiger charge is 2.31. The van der Waals surface area contributed by atoms with Crippen LogP contribution in [0.4, 0.5) is 0 Å². The van der Waals surface area contributed by atoms with Gasteiger partial charge in [0.15, 0.2) is 0 Å². The molecule has 0 radical (unpaired) electrons. The Bertz CT molecular complexity index is 1650. The van der Waals surface area contributed by atoms with Gasteiger partial charge < -0.3 is 4.57 Å². The molecule has 3 aliphatic carbocycles. The van der Waals surface area contributed by atoms with Crippen molar-refractivity contribution in [3.05, 3.63) is 112 Å². The van der Waals surface area contributed by atoms with Gasteiger partial charge in [0.1, 0.15) is 0 Å². The Morgan fingerprint density at radius 2 is 1.70 bits per heavy atom. The quantitative estimate of drug-likeness (QED) is 0.273. The van der Waals surface area contributed by atoms with Crippen LogP contribution in [0.3, 0.4) is 0 Å². The zero-order valence-electron chi connectivity index (χ0n) is 22.3. The van der Waals surface area contributed by atoms with E-state index in [-0.39, 0.29) is 0 Å². The van der Waals surface area contributed by atoms with Crippen molar-refractivity contribution in [2.24, 2.45) is 0 Å². The molecule has 0 saturated heterocycles. The number of fused-ring (bicyclic) bond motifs is 5. The Hall–Kier alpha value is -3.58. The van der Waals surface area contributed by atoms with Gasteiger partial charge in [0.25, 0.3) is 0 Å². The molecule has 37 heavy (non-hydrogen) atoms. The van der Waals surface area contributed by atoms with Crippen molar-refractivity contribution in [3.63, 3.8) is 0 Å². The van der Waals surface area contributed by atoms with Crippen molar-refractivity contribution < 1.29 is 0 Å². The fourth-order valence-electron chi connectivity index (χ4n) is 7.31. The first-order valence-corrected chi connectivity index (χ1v) is 14.2. The maximum atomic E-state index is 2.58. The summed E-state index contributed by atoms with van der Waals surface area (Å²) in [4.78, 5) is 0. The molecule has 1 unspecified atom stereocenters. The topological polar surface area (TPSA) is 4.93 Å². The van der Waals surface area contributed by atoms with Gasteiger partial charge in [-0.1, -0.05) is 80.1 Å². The number of hydrogen-bond acceptors (Lipinski definition) is 0. The van der Waals surface area contributed by atoms with Crippen molar-refractivity contribution in [1.29, 1.82) is 0 Å². The van der Waals surface area contributed by atoms with Gasteiger partial charge in [0, 0.05) is 28.2 Å². The van der Waals surface area contributed by atoms with E-state index in [1.807, 2.05) is 0 Å². The molecule has 1 heterocycles. The van der Waals surface area contributed by atoms with E-state index in [9.17, 15) is 0 Å². The third kappa shape index (κ3) is 3.29. The van der Waals surface area contributed by atoms with E-state index in [4.69, 9.17) is 0 Å². The molecule has 0 bridgehead atoms. The summed E-state index contributed by atoms with van der Waals surface area (Å²) in [5.41, 5.74) is 17.2. The molecular formula is C36H35N. The predicted molar refractivity (Wildman–Crippen MR) is 159 cm³/mol. The van der Waals surface area contributed by atoms with Crippen molar-refractivity contribution in [2.45, 2.75) is 65.2 Å². The van der Waals surface area contributed by atoms with Crippen LogP contribution in [-0.2, 0) is 12.8 Å². The predicted octanol–water partition coefficient (Wildman–Crippen LogP) is 9.74. The Morgan fingerprint density at radius 3 is 2.57 bits per heavy atom. The fraction of sp³-hybridized carbons (Fsp3) is 0.278. The van der Waals surface area contributed by atoms with Crippen LogP contribution in [-0.4, -0.2) is 4.57 Å². The lowest BCUT2D eigenvalue weighted by molar-refractivity contribution is 0.730. The molecule has 1 heteroatoms. The lowest BCUT2D eigenvalue weighted by Gasteiger charge is -2.17. The zero-order valence-corrected chi connectivity index (χ0v) is 22.3. The van der Waals surface area contributed by atoms with E-state index in [2.05, 4.69) is 104 Å². The molecule has 0 aliphatic heterocycles.